The zero-order valence-electron chi connectivity index (χ0n) is 16.8. The van der Waals surface area contributed by atoms with E-state index in [9.17, 15) is 22.4 Å². The highest BCUT2D eigenvalue weighted by atomic mass is 32.2. The molecule has 0 spiro atoms. The zero-order chi connectivity index (χ0) is 23.7. The van der Waals surface area contributed by atoms with Crippen LogP contribution < -0.4 is 5.32 Å². The Morgan fingerprint density at radius 1 is 1.12 bits per heavy atom. The van der Waals surface area contributed by atoms with Gasteiger partial charge in [0.1, 0.15) is 10.7 Å². The Hall–Kier alpha value is -3.83. The minimum absolute atomic E-state index is 0.0780. The summed E-state index contributed by atoms with van der Waals surface area (Å²) in [6.45, 7) is 0.498. The molecule has 32 heavy (non-hydrogen) atoms. The molecule has 1 aromatic carbocycles. The molecule has 0 aliphatic rings. The molecule has 2 heterocycles. The van der Waals surface area contributed by atoms with E-state index in [1.165, 1.54) is 34.6 Å². The van der Waals surface area contributed by atoms with E-state index in [4.69, 9.17) is 10.2 Å². The normalized spacial score (nSPS) is 11.1. The summed E-state index contributed by atoms with van der Waals surface area (Å²) in [5.41, 5.74) is 1.68. The number of halogens is 1. The summed E-state index contributed by atoms with van der Waals surface area (Å²) in [6, 6.07) is 10.6. The highest BCUT2D eigenvalue weighted by Gasteiger charge is 2.22. The van der Waals surface area contributed by atoms with Gasteiger partial charge in [-0.1, -0.05) is 12.1 Å². The van der Waals surface area contributed by atoms with Gasteiger partial charge in [0.25, 0.3) is 10.0 Å². The highest BCUT2D eigenvalue weighted by molar-refractivity contribution is 7.90. The van der Waals surface area contributed by atoms with Gasteiger partial charge in [-0.15, -0.1) is 0 Å². The van der Waals surface area contributed by atoms with Crippen LogP contribution in [0, 0.1) is 5.82 Å². The van der Waals surface area contributed by atoms with Crippen molar-refractivity contribution in [2.45, 2.75) is 11.4 Å². The Labute approximate surface area is 183 Å². The Bertz CT molecular complexity index is 1210. The Balaban J connectivity index is 0.000000390. The summed E-state index contributed by atoms with van der Waals surface area (Å²) in [5.74, 6) is -2.94. The van der Waals surface area contributed by atoms with Crippen molar-refractivity contribution >= 4 is 22.0 Å². The zero-order valence-corrected chi connectivity index (χ0v) is 17.7. The van der Waals surface area contributed by atoms with E-state index in [0.29, 0.717) is 30.0 Å². The minimum Gasteiger partial charge on any atom is -0.478 e. The summed E-state index contributed by atoms with van der Waals surface area (Å²) in [7, 11) is -2.05. The van der Waals surface area contributed by atoms with E-state index in [0.717, 1.165) is 5.56 Å². The minimum atomic E-state index is -3.82. The third kappa shape index (κ3) is 6.59. The maximum Gasteiger partial charge on any atom is 0.328 e. The van der Waals surface area contributed by atoms with Gasteiger partial charge in [-0.2, -0.15) is 0 Å². The van der Waals surface area contributed by atoms with Gasteiger partial charge in [0.15, 0.2) is 0 Å². The highest BCUT2D eigenvalue weighted by Crippen LogP contribution is 2.27. The van der Waals surface area contributed by atoms with E-state index < -0.39 is 27.8 Å². The molecule has 0 atom stereocenters. The van der Waals surface area contributed by atoms with Crippen molar-refractivity contribution in [3.05, 3.63) is 84.6 Å². The molecule has 0 fully saturated rings. The van der Waals surface area contributed by atoms with Crippen LogP contribution in [-0.2, 0) is 26.2 Å². The second-order valence-corrected chi connectivity index (χ2v) is 8.09. The van der Waals surface area contributed by atoms with Crippen LogP contribution in [0.3, 0.4) is 0 Å². The maximum atomic E-state index is 13.6. The quantitative estimate of drug-likeness (QED) is 0.456. The fraction of sp³-hybridized carbons (Fsp3) is 0.0952. The van der Waals surface area contributed by atoms with Crippen LogP contribution in [0.1, 0.15) is 5.56 Å². The molecule has 0 aliphatic heterocycles. The van der Waals surface area contributed by atoms with Crippen LogP contribution >= 0.6 is 0 Å². The summed E-state index contributed by atoms with van der Waals surface area (Å²) < 4.78 is 40.6. The number of rotatable bonds is 7. The van der Waals surface area contributed by atoms with Gasteiger partial charge in [0.2, 0.25) is 0 Å². The second-order valence-electron chi connectivity index (χ2n) is 6.27. The number of nitrogens with one attached hydrogen (secondary N) is 1. The van der Waals surface area contributed by atoms with Crippen molar-refractivity contribution in [3.8, 4) is 11.3 Å². The summed E-state index contributed by atoms with van der Waals surface area (Å²) in [5, 5.41) is 18.6. The molecule has 11 heteroatoms. The number of pyridine rings is 1. The number of aromatic nitrogens is 2. The first-order chi connectivity index (χ1) is 15.1. The molecule has 0 saturated carbocycles. The van der Waals surface area contributed by atoms with Crippen LogP contribution in [0.5, 0.6) is 0 Å². The lowest BCUT2D eigenvalue weighted by molar-refractivity contribution is -0.134. The van der Waals surface area contributed by atoms with E-state index in [1.807, 2.05) is 0 Å². The first-order valence-corrected chi connectivity index (χ1v) is 10.5. The predicted molar refractivity (Wildman–Crippen MR) is 114 cm³/mol. The van der Waals surface area contributed by atoms with Crippen LogP contribution in [0.2, 0.25) is 0 Å². The molecule has 3 aromatic rings. The van der Waals surface area contributed by atoms with E-state index in [-0.39, 0.29) is 4.90 Å². The van der Waals surface area contributed by atoms with Crippen LogP contribution in [0.25, 0.3) is 11.3 Å². The van der Waals surface area contributed by atoms with Gasteiger partial charge in [0.05, 0.1) is 5.69 Å². The SMILES string of the molecule is CNCc1cc(-c2cccc(F)c2)n(S(=O)(=O)c2cccnc2)c1.O=C(O)/C=C/C(=O)O. The molecule has 9 nitrogen and oxygen atoms in total. The van der Waals surface area contributed by atoms with Crippen molar-refractivity contribution in [3.63, 3.8) is 0 Å². The van der Waals surface area contributed by atoms with Crippen molar-refractivity contribution in [2.24, 2.45) is 0 Å². The number of benzene rings is 1. The molecule has 0 aliphatic carbocycles. The average molecular weight is 461 g/mol. The Morgan fingerprint density at radius 2 is 1.81 bits per heavy atom. The topological polar surface area (TPSA) is 139 Å². The number of hydrogen-bond acceptors (Lipinski definition) is 6. The number of hydrogen-bond donors (Lipinski definition) is 3. The molecule has 2 aromatic heterocycles. The predicted octanol–water partition coefficient (Wildman–Crippen LogP) is 2.36. The first kappa shape index (κ1) is 24.4. The Kier molecular flexibility index (Phi) is 8.38. The van der Waals surface area contributed by atoms with Gasteiger partial charge < -0.3 is 15.5 Å². The number of aliphatic carboxylic acids is 2. The molecular formula is C21H20FN3O6S. The van der Waals surface area contributed by atoms with E-state index in [2.05, 4.69) is 10.3 Å². The van der Waals surface area contributed by atoms with Crippen LogP contribution in [0.4, 0.5) is 4.39 Å². The lowest BCUT2D eigenvalue weighted by atomic mass is 10.1. The van der Waals surface area contributed by atoms with Gasteiger partial charge in [-0.3, -0.25) is 4.98 Å². The fourth-order valence-electron chi connectivity index (χ4n) is 2.61. The van der Waals surface area contributed by atoms with Gasteiger partial charge in [-0.05, 0) is 42.9 Å². The van der Waals surface area contributed by atoms with Crippen molar-refractivity contribution < 1.29 is 32.6 Å². The third-order valence-electron chi connectivity index (χ3n) is 3.90. The second kappa shape index (κ2) is 11.0. The molecule has 168 valence electrons. The monoisotopic (exact) mass is 461 g/mol. The largest absolute Gasteiger partial charge is 0.478 e. The Morgan fingerprint density at radius 3 is 2.34 bits per heavy atom. The molecule has 0 unspecified atom stereocenters. The van der Waals surface area contributed by atoms with Crippen molar-refractivity contribution in [1.29, 1.82) is 0 Å². The number of nitrogens with zero attached hydrogens (tertiary/aromatic N) is 2. The molecule has 3 N–H and O–H groups in total. The van der Waals surface area contributed by atoms with Gasteiger partial charge >= 0.3 is 11.9 Å². The van der Waals surface area contributed by atoms with E-state index in [1.54, 1.807) is 37.5 Å². The molecular weight excluding hydrogens is 441 g/mol. The number of carboxylic acids is 2. The van der Waals surface area contributed by atoms with Crippen molar-refractivity contribution in [1.82, 2.24) is 14.3 Å². The van der Waals surface area contributed by atoms with Crippen molar-refractivity contribution in [2.75, 3.05) is 7.05 Å². The number of carbonyl (C=O) groups is 2. The molecule has 3 rings (SSSR count). The maximum absolute atomic E-state index is 13.6. The average Bonchev–Trinajstić information content (AvgIpc) is 3.19. The molecule has 0 radical (unpaired) electrons. The summed E-state index contributed by atoms with van der Waals surface area (Å²) in [4.78, 5) is 23.1. The van der Waals surface area contributed by atoms with Gasteiger partial charge in [-0.25, -0.2) is 26.4 Å². The summed E-state index contributed by atoms with van der Waals surface area (Å²) in [6.07, 6.45) is 5.46. The lowest BCUT2D eigenvalue weighted by Gasteiger charge is -2.10. The summed E-state index contributed by atoms with van der Waals surface area (Å²) >= 11 is 0. The first-order valence-electron chi connectivity index (χ1n) is 9.06. The smallest absolute Gasteiger partial charge is 0.328 e. The molecule has 0 bridgehead atoms. The van der Waals surface area contributed by atoms with Gasteiger partial charge in [0, 0.05) is 42.9 Å². The standard InChI is InChI=1S/C17H16FN3O2S.C4H4O4/c1-19-10-13-8-17(14-4-2-5-15(18)9-14)21(12-13)24(22,23)16-6-3-7-20-11-16;5-3(6)1-2-4(7)8/h2-9,11-12,19H,10H2,1H3;1-2H,(H,5,6)(H,7,8)/b;2-1+. The van der Waals surface area contributed by atoms with Crippen LogP contribution in [0.15, 0.2) is 78.1 Å². The third-order valence-corrected chi connectivity index (χ3v) is 5.56. The molecule has 0 amide bonds. The number of carboxylic acid groups (broad SMARTS) is 2. The lowest BCUT2D eigenvalue weighted by Crippen LogP contribution is -2.13. The molecule has 0 saturated heterocycles. The van der Waals surface area contributed by atoms with E-state index >= 15 is 0 Å². The van der Waals surface area contributed by atoms with Crippen LogP contribution in [-0.4, -0.2) is 46.6 Å². The fourth-order valence-corrected chi connectivity index (χ4v) is 3.97.